The Morgan fingerprint density at radius 1 is 1.33 bits per heavy atom. The van der Waals surface area contributed by atoms with Gasteiger partial charge in [-0.05, 0) is 69.3 Å². The Balaban J connectivity index is 1.61. The van der Waals surface area contributed by atoms with Gasteiger partial charge in [0.25, 0.3) is 5.91 Å². The van der Waals surface area contributed by atoms with Crippen LogP contribution in [0.15, 0.2) is 18.2 Å². The molecule has 5 rings (SSSR count). The van der Waals surface area contributed by atoms with Crippen LogP contribution < -0.4 is 5.32 Å². The summed E-state index contributed by atoms with van der Waals surface area (Å²) in [5, 5.41) is 4.29. The van der Waals surface area contributed by atoms with Crippen LogP contribution in [0.3, 0.4) is 0 Å². The lowest BCUT2D eigenvalue weighted by Gasteiger charge is -2.56. The fourth-order valence-electron chi connectivity index (χ4n) is 4.28. The fraction of sp³-hybridized carbons (Fsp3) is 0.500. The van der Waals surface area contributed by atoms with E-state index in [0.29, 0.717) is 21.2 Å². The lowest BCUT2D eigenvalue weighted by molar-refractivity contribution is -0.0377. The summed E-state index contributed by atoms with van der Waals surface area (Å²) in [5.74, 6) is 0.0691. The van der Waals surface area contributed by atoms with Gasteiger partial charge in [0.2, 0.25) is 0 Å². The number of nitrogens with one attached hydrogen (secondary N) is 1. The zero-order valence-corrected chi connectivity index (χ0v) is 15.3. The predicted octanol–water partition coefficient (Wildman–Crippen LogP) is 4.30. The number of thiophene rings is 1. The van der Waals surface area contributed by atoms with E-state index in [4.69, 9.17) is 11.6 Å². The number of benzene rings is 1. The smallest absolute Gasteiger partial charge is 0.261 e. The molecule has 2 bridgehead atoms. The maximum atomic E-state index is 13.5. The number of halogens is 2. The Bertz CT molecular complexity index is 811. The van der Waals surface area contributed by atoms with E-state index in [0.717, 1.165) is 30.6 Å². The fourth-order valence-corrected chi connectivity index (χ4v) is 5.56. The van der Waals surface area contributed by atoms with E-state index in [-0.39, 0.29) is 23.3 Å². The maximum absolute atomic E-state index is 13.5. The number of hydrogen-bond donors (Lipinski definition) is 1. The quantitative estimate of drug-likeness (QED) is 0.859. The molecular formula is C18H20ClFN2OS. The highest BCUT2D eigenvalue weighted by molar-refractivity contribution is 7.21. The molecular weight excluding hydrogens is 347 g/mol. The van der Waals surface area contributed by atoms with Crippen molar-refractivity contribution in [2.24, 2.45) is 5.92 Å². The zero-order valence-electron chi connectivity index (χ0n) is 13.7. The minimum atomic E-state index is -0.379. The van der Waals surface area contributed by atoms with E-state index in [1.807, 2.05) is 0 Å². The molecule has 0 radical (unpaired) electrons. The highest BCUT2D eigenvalue weighted by atomic mass is 35.5. The normalized spacial score (nSPS) is 28.2. The standard InChI is InChI=1S/C18H20ClFN2OS/c1-18(2)16(10-3-5-22(18)6-4-10)21-17(23)14-8-11-7-12(20)9-13(19)15(11)24-14/h7-10,16H,3-6H2,1-2H3,(H,21,23)/t16-/m1/s1. The molecule has 128 valence electrons. The van der Waals surface area contributed by atoms with Gasteiger partial charge < -0.3 is 5.32 Å². The highest BCUT2D eigenvalue weighted by Crippen LogP contribution is 2.39. The Labute approximate surface area is 149 Å². The van der Waals surface area contributed by atoms with Crippen LogP contribution in [0.4, 0.5) is 4.39 Å². The summed E-state index contributed by atoms with van der Waals surface area (Å²) in [6, 6.07) is 4.59. The SMILES string of the molecule is CC1(C)[C@H](NC(=O)c2cc3cc(F)cc(Cl)c3s2)C2CCN1CC2. The van der Waals surface area contributed by atoms with Crippen molar-refractivity contribution < 1.29 is 9.18 Å². The number of carbonyl (C=O) groups excluding carboxylic acids is 1. The molecule has 1 atom stereocenters. The number of rotatable bonds is 2. The summed E-state index contributed by atoms with van der Waals surface area (Å²) in [4.78, 5) is 15.8. The van der Waals surface area contributed by atoms with Crippen molar-refractivity contribution in [2.45, 2.75) is 38.3 Å². The molecule has 0 aliphatic carbocycles. The lowest BCUT2D eigenvalue weighted by atomic mass is 9.72. The molecule has 0 spiro atoms. The number of nitrogens with zero attached hydrogens (tertiary/aromatic N) is 1. The third-order valence-electron chi connectivity index (χ3n) is 5.63. The average molecular weight is 367 g/mol. The van der Waals surface area contributed by atoms with Gasteiger partial charge in [0.15, 0.2) is 0 Å². The van der Waals surface area contributed by atoms with Gasteiger partial charge in [0, 0.05) is 11.6 Å². The molecule has 1 aromatic carbocycles. The van der Waals surface area contributed by atoms with Crippen LogP contribution in [0, 0.1) is 11.7 Å². The lowest BCUT2D eigenvalue weighted by Crippen LogP contribution is -2.69. The van der Waals surface area contributed by atoms with Gasteiger partial charge in [-0.2, -0.15) is 0 Å². The van der Waals surface area contributed by atoms with E-state index in [2.05, 4.69) is 24.1 Å². The third-order valence-corrected chi connectivity index (χ3v) is 7.23. The second-order valence-electron chi connectivity index (χ2n) is 7.35. The number of carbonyl (C=O) groups is 1. The zero-order chi connectivity index (χ0) is 17.1. The highest BCUT2D eigenvalue weighted by Gasteiger charge is 2.48. The van der Waals surface area contributed by atoms with Crippen molar-refractivity contribution in [3.8, 4) is 0 Å². The number of amides is 1. The molecule has 4 heterocycles. The topological polar surface area (TPSA) is 32.3 Å². The Morgan fingerprint density at radius 2 is 2.04 bits per heavy atom. The Kier molecular flexibility index (Phi) is 3.86. The molecule has 0 unspecified atom stereocenters. The van der Waals surface area contributed by atoms with Crippen LogP contribution in [0.5, 0.6) is 0 Å². The van der Waals surface area contributed by atoms with Gasteiger partial charge in [-0.3, -0.25) is 9.69 Å². The van der Waals surface area contributed by atoms with Crippen molar-refractivity contribution in [3.63, 3.8) is 0 Å². The molecule has 1 N–H and O–H groups in total. The second kappa shape index (κ2) is 5.68. The molecule has 1 amide bonds. The molecule has 3 fully saturated rings. The summed E-state index contributed by atoms with van der Waals surface area (Å²) in [5.41, 5.74) is -0.0305. The van der Waals surface area contributed by atoms with Crippen molar-refractivity contribution in [2.75, 3.05) is 13.1 Å². The molecule has 3 aliphatic heterocycles. The number of hydrogen-bond acceptors (Lipinski definition) is 3. The largest absolute Gasteiger partial charge is 0.346 e. The first-order chi connectivity index (χ1) is 11.4. The third kappa shape index (κ3) is 2.54. The molecule has 6 heteroatoms. The Hall–Kier alpha value is -1.17. The van der Waals surface area contributed by atoms with Gasteiger partial charge in [-0.25, -0.2) is 4.39 Å². The van der Waals surface area contributed by atoms with E-state index in [9.17, 15) is 9.18 Å². The molecule has 0 saturated carbocycles. The number of piperidine rings is 3. The summed E-state index contributed by atoms with van der Waals surface area (Å²) >= 11 is 7.43. The van der Waals surface area contributed by atoms with E-state index >= 15 is 0 Å². The minimum absolute atomic E-state index is 0.0305. The van der Waals surface area contributed by atoms with Crippen molar-refractivity contribution in [1.82, 2.24) is 10.2 Å². The molecule has 3 aliphatic rings. The summed E-state index contributed by atoms with van der Waals surface area (Å²) in [7, 11) is 0. The van der Waals surface area contributed by atoms with Gasteiger partial charge >= 0.3 is 0 Å². The Morgan fingerprint density at radius 3 is 2.71 bits per heavy atom. The van der Waals surface area contributed by atoms with E-state index < -0.39 is 0 Å². The molecule has 3 saturated heterocycles. The van der Waals surface area contributed by atoms with Gasteiger partial charge in [0.05, 0.1) is 14.6 Å². The predicted molar refractivity (Wildman–Crippen MR) is 96.4 cm³/mol. The van der Waals surface area contributed by atoms with Gasteiger partial charge in [-0.15, -0.1) is 11.3 Å². The van der Waals surface area contributed by atoms with Gasteiger partial charge in [-0.1, -0.05) is 11.6 Å². The van der Waals surface area contributed by atoms with Crippen LogP contribution in [0.1, 0.15) is 36.4 Å². The summed E-state index contributed by atoms with van der Waals surface area (Å²) in [6.45, 7) is 6.64. The van der Waals surface area contributed by atoms with Crippen molar-refractivity contribution in [1.29, 1.82) is 0 Å². The first kappa shape index (κ1) is 16.3. The molecule has 2 aromatic rings. The summed E-state index contributed by atoms with van der Waals surface area (Å²) in [6.07, 6.45) is 2.27. The van der Waals surface area contributed by atoms with Crippen LogP contribution >= 0.6 is 22.9 Å². The minimum Gasteiger partial charge on any atom is -0.346 e. The van der Waals surface area contributed by atoms with Crippen molar-refractivity contribution >= 4 is 38.9 Å². The number of fused-ring (bicyclic) bond motifs is 4. The van der Waals surface area contributed by atoms with E-state index in [1.54, 1.807) is 6.07 Å². The molecule has 1 aromatic heterocycles. The average Bonchev–Trinajstić information content (AvgIpc) is 2.95. The van der Waals surface area contributed by atoms with Crippen LogP contribution in [-0.2, 0) is 0 Å². The monoisotopic (exact) mass is 366 g/mol. The van der Waals surface area contributed by atoms with Crippen LogP contribution in [0.2, 0.25) is 5.02 Å². The van der Waals surface area contributed by atoms with Crippen LogP contribution in [-0.4, -0.2) is 35.5 Å². The first-order valence-corrected chi connectivity index (χ1v) is 9.50. The maximum Gasteiger partial charge on any atom is 0.261 e. The molecule has 3 nitrogen and oxygen atoms in total. The van der Waals surface area contributed by atoms with Crippen LogP contribution in [0.25, 0.3) is 10.1 Å². The van der Waals surface area contributed by atoms with E-state index in [1.165, 1.54) is 23.5 Å². The summed E-state index contributed by atoms with van der Waals surface area (Å²) < 4.78 is 14.3. The van der Waals surface area contributed by atoms with Crippen molar-refractivity contribution in [3.05, 3.63) is 33.9 Å². The second-order valence-corrected chi connectivity index (χ2v) is 8.81. The van der Waals surface area contributed by atoms with Gasteiger partial charge in [0.1, 0.15) is 5.82 Å². The molecule has 24 heavy (non-hydrogen) atoms. The first-order valence-electron chi connectivity index (χ1n) is 8.31.